The summed E-state index contributed by atoms with van der Waals surface area (Å²) in [6, 6.07) is 2.44. The first kappa shape index (κ1) is 32.0. The molecule has 0 unspecified atom stereocenters. The second-order valence-corrected chi connectivity index (χ2v) is 14.5. The van der Waals surface area contributed by atoms with E-state index in [9.17, 15) is 39.2 Å². The van der Waals surface area contributed by atoms with Crippen LogP contribution in [0.1, 0.15) is 60.4 Å². The first-order valence-corrected chi connectivity index (χ1v) is 16.6. The van der Waals surface area contributed by atoms with E-state index in [1.54, 1.807) is 0 Å². The lowest BCUT2D eigenvalue weighted by Crippen LogP contribution is -2.40. The summed E-state index contributed by atoms with van der Waals surface area (Å²) >= 11 is 0. The maximum atomic E-state index is 14.9. The summed E-state index contributed by atoms with van der Waals surface area (Å²) in [7, 11) is -7.62. The Kier molecular flexibility index (Phi) is 9.72. The molecule has 0 spiro atoms. The average molecular weight is 637 g/mol. The normalized spacial score (nSPS) is 19.6. The third-order valence-corrected chi connectivity index (χ3v) is 10.7. The first-order chi connectivity index (χ1) is 19.7. The van der Waals surface area contributed by atoms with Gasteiger partial charge in [0.05, 0.1) is 23.2 Å². The molecule has 1 aromatic carbocycles. The topological polar surface area (TPSA) is 119 Å². The zero-order valence-corrected chi connectivity index (χ0v) is 24.2. The van der Waals surface area contributed by atoms with Crippen molar-refractivity contribution >= 4 is 26.0 Å². The van der Waals surface area contributed by atoms with Gasteiger partial charge in [0, 0.05) is 19.2 Å². The fraction of sp³-hybridized carbons (Fsp3) is 0.519. The van der Waals surface area contributed by atoms with Gasteiger partial charge in [-0.05, 0) is 74.1 Å². The number of rotatable bonds is 13. The maximum Gasteiger partial charge on any atom is 0.573 e. The minimum absolute atomic E-state index is 0.0453. The van der Waals surface area contributed by atoms with Crippen LogP contribution in [0.25, 0.3) is 0 Å². The van der Waals surface area contributed by atoms with Crippen molar-refractivity contribution < 1.29 is 48.7 Å². The van der Waals surface area contributed by atoms with Gasteiger partial charge in [0.2, 0.25) is 20.0 Å². The molecule has 1 N–H and O–H groups in total. The van der Waals surface area contributed by atoms with Crippen molar-refractivity contribution in [3.8, 4) is 5.75 Å². The van der Waals surface area contributed by atoms with Crippen molar-refractivity contribution in [2.24, 2.45) is 5.92 Å². The number of carbonyl (C=O) groups excluding carboxylic acids is 1. The minimum Gasteiger partial charge on any atom is -0.493 e. The third-order valence-electron chi connectivity index (χ3n) is 7.11. The van der Waals surface area contributed by atoms with Crippen molar-refractivity contribution in [2.75, 3.05) is 25.4 Å². The number of halogens is 4. The molecular weight excluding hydrogens is 604 g/mol. The van der Waals surface area contributed by atoms with Gasteiger partial charge in [0.15, 0.2) is 0 Å². The van der Waals surface area contributed by atoms with Crippen LogP contribution in [0, 0.1) is 11.7 Å². The Balaban J connectivity index is 1.32. The van der Waals surface area contributed by atoms with Crippen LogP contribution in [-0.4, -0.2) is 64.1 Å². The van der Waals surface area contributed by atoms with Crippen LogP contribution in [0.3, 0.4) is 0 Å². The van der Waals surface area contributed by atoms with Gasteiger partial charge in [-0.25, -0.2) is 30.3 Å². The smallest absolute Gasteiger partial charge is 0.493 e. The summed E-state index contributed by atoms with van der Waals surface area (Å²) in [4.78, 5) is 12.5. The number of carbonyl (C=O) groups is 1. The van der Waals surface area contributed by atoms with E-state index in [-0.39, 0.29) is 42.8 Å². The number of alkyl halides is 3. The summed E-state index contributed by atoms with van der Waals surface area (Å²) in [5.74, 6) is -2.75. The molecular formula is C27H32F4N2O7S2. The van der Waals surface area contributed by atoms with Gasteiger partial charge in [-0.2, -0.15) is 0 Å². The molecule has 0 aromatic heterocycles. The maximum absolute atomic E-state index is 14.9. The summed E-state index contributed by atoms with van der Waals surface area (Å²) in [6.45, 7) is 3.84. The summed E-state index contributed by atoms with van der Waals surface area (Å²) in [6.07, 6.45) is 2.57. The van der Waals surface area contributed by atoms with Crippen molar-refractivity contribution in [1.82, 2.24) is 9.03 Å². The molecule has 1 aromatic rings. The molecule has 3 aliphatic rings. The van der Waals surface area contributed by atoms with Crippen molar-refractivity contribution in [3.63, 3.8) is 0 Å². The van der Waals surface area contributed by atoms with E-state index >= 15 is 0 Å². The minimum atomic E-state index is -4.93. The Bertz CT molecular complexity index is 1460. The Labute approximate surface area is 242 Å². The van der Waals surface area contributed by atoms with E-state index in [1.165, 1.54) is 10.4 Å². The van der Waals surface area contributed by atoms with Crippen LogP contribution in [0.15, 0.2) is 48.8 Å². The van der Waals surface area contributed by atoms with E-state index in [1.807, 2.05) is 4.72 Å². The lowest BCUT2D eigenvalue weighted by atomic mass is 9.99. The zero-order valence-electron chi connectivity index (χ0n) is 22.6. The monoisotopic (exact) mass is 636 g/mol. The number of hydrogen-bond donors (Lipinski definition) is 1. The van der Waals surface area contributed by atoms with E-state index in [2.05, 4.69) is 11.3 Å². The first-order valence-electron chi connectivity index (χ1n) is 13.4. The molecule has 4 rings (SSSR count). The van der Waals surface area contributed by atoms with Crippen LogP contribution in [0.2, 0.25) is 0 Å². The van der Waals surface area contributed by atoms with Crippen molar-refractivity contribution in [3.05, 3.63) is 65.7 Å². The fourth-order valence-corrected chi connectivity index (χ4v) is 7.17. The molecule has 232 valence electrons. The Morgan fingerprint density at radius 1 is 1.07 bits per heavy atom. The molecule has 9 nitrogen and oxygen atoms in total. The highest BCUT2D eigenvalue weighted by Crippen LogP contribution is 2.45. The zero-order chi connectivity index (χ0) is 30.7. The largest absolute Gasteiger partial charge is 0.573 e. The molecule has 15 heteroatoms. The van der Waals surface area contributed by atoms with Gasteiger partial charge >= 0.3 is 6.36 Å². The highest BCUT2D eigenvalue weighted by Gasteiger charge is 2.38. The molecule has 2 aliphatic carbocycles. The molecule has 0 atom stereocenters. The number of hydrogen-bond acceptors (Lipinski definition) is 7. The molecule has 2 saturated carbocycles. The quantitative estimate of drug-likeness (QED) is 0.192. The van der Waals surface area contributed by atoms with Gasteiger partial charge < -0.3 is 9.47 Å². The predicted molar refractivity (Wildman–Crippen MR) is 146 cm³/mol. The molecule has 1 saturated heterocycles. The second-order valence-electron chi connectivity index (χ2n) is 10.5. The van der Waals surface area contributed by atoms with Crippen LogP contribution in [0.4, 0.5) is 17.6 Å². The molecule has 1 heterocycles. The second kappa shape index (κ2) is 12.8. The lowest BCUT2D eigenvalue weighted by molar-refractivity contribution is -0.303. The predicted octanol–water partition coefficient (Wildman–Crippen LogP) is 4.51. The van der Waals surface area contributed by atoms with Crippen LogP contribution in [0.5, 0.6) is 5.75 Å². The molecule has 0 bridgehead atoms. The van der Waals surface area contributed by atoms with Crippen LogP contribution >= 0.6 is 0 Å². The van der Waals surface area contributed by atoms with Gasteiger partial charge in [0.1, 0.15) is 17.3 Å². The highest BCUT2D eigenvalue weighted by molar-refractivity contribution is 7.91. The van der Waals surface area contributed by atoms with Gasteiger partial charge in [-0.15, -0.1) is 13.2 Å². The van der Waals surface area contributed by atoms with E-state index < -0.39 is 54.9 Å². The standard InChI is InChI=1S/C27H32F4N2O7S2/c1-2-4-20(40-27(29,30)31)5-3-14-41(35,36)33-12-10-18(11-13-33)17-39-25-16-24(28)23(15-22(25)19-6-7-19)26(34)32-42(37,38)21-8-9-21/h2-5,15-16,18-19,21H,1,6-14,17H2,(H,32,34)/b5-3-,20-4+. The SMILES string of the molecule is C=C/C=C(\C=C/CS(=O)(=O)N1CCC(COc2cc(F)c(C(=O)NS(=O)(=O)C3CC3)cc2C2CC2)CC1)OC(F)(F)F. The highest BCUT2D eigenvalue weighted by atomic mass is 32.2. The number of allylic oxidation sites excluding steroid dienone is 3. The van der Waals surface area contributed by atoms with Crippen molar-refractivity contribution in [2.45, 2.75) is 56.1 Å². The van der Waals surface area contributed by atoms with Gasteiger partial charge in [0.25, 0.3) is 5.91 Å². The lowest BCUT2D eigenvalue weighted by Gasteiger charge is -2.31. The summed E-state index contributed by atoms with van der Waals surface area (Å²) in [5, 5.41) is -0.627. The van der Waals surface area contributed by atoms with Gasteiger partial charge in [-0.3, -0.25) is 4.79 Å². The fourth-order valence-electron chi connectivity index (χ4n) is 4.56. The van der Waals surface area contributed by atoms with Crippen LogP contribution in [-0.2, 0) is 24.8 Å². The number of sulfonamides is 2. The molecule has 0 radical (unpaired) electrons. The number of amides is 1. The van der Waals surface area contributed by atoms with E-state index in [4.69, 9.17) is 4.74 Å². The molecule has 3 fully saturated rings. The third kappa shape index (κ3) is 8.80. The molecule has 1 aliphatic heterocycles. The average Bonchev–Trinajstić information content (AvgIpc) is 3.79. The number of benzene rings is 1. The number of nitrogens with zero attached hydrogens (tertiary/aromatic N) is 1. The Morgan fingerprint density at radius 3 is 2.31 bits per heavy atom. The van der Waals surface area contributed by atoms with Gasteiger partial charge in [-0.1, -0.05) is 18.7 Å². The van der Waals surface area contributed by atoms with Crippen LogP contribution < -0.4 is 9.46 Å². The summed E-state index contributed by atoms with van der Waals surface area (Å²) < 4.78 is 115. The Morgan fingerprint density at radius 2 is 1.74 bits per heavy atom. The molecule has 1 amide bonds. The van der Waals surface area contributed by atoms with E-state index in [0.717, 1.165) is 43.2 Å². The summed E-state index contributed by atoms with van der Waals surface area (Å²) in [5.41, 5.74) is 0.259. The number of ether oxygens (including phenoxy) is 2. The molecule has 42 heavy (non-hydrogen) atoms. The van der Waals surface area contributed by atoms with E-state index in [0.29, 0.717) is 31.2 Å². The number of nitrogens with one attached hydrogen (secondary N) is 1. The number of piperidine rings is 1. The van der Waals surface area contributed by atoms with Crippen molar-refractivity contribution in [1.29, 1.82) is 0 Å². The Hall–Kier alpha value is -2.91.